The van der Waals surface area contributed by atoms with Gasteiger partial charge in [-0.15, -0.1) is 0 Å². The van der Waals surface area contributed by atoms with E-state index in [2.05, 4.69) is 4.72 Å². The van der Waals surface area contributed by atoms with Gasteiger partial charge in [-0.3, -0.25) is 0 Å². The lowest BCUT2D eigenvalue weighted by Gasteiger charge is -2.22. The summed E-state index contributed by atoms with van der Waals surface area (Å²) >= 11 is 0. The van der Waals surface area contributed by atoms with Crippen LogP contribution in [0.25, 0.3) is 0 Å². The highest BCUT2D eigenvalue weighted by Crippen LogP contribution is 2.25. The summed E-state index contributed by atoms with van der Waals surface area (Å²) in [6, 6.07) is 3.52. The molecule has 0 heterocycles. The third-order valence-electron chi connectivity index (χ3n) is 3.91. The second kappa shape index (κ2) is 6.10. The summed E-state index contributed by atoms with van der Waals surface area (Å²) in [6.07, 6.45) is 5.05. The second-order valence-electron chi connectivity index (χ2n) is 5.53. The summed E-state index contributed by atoms with van der Waals surface area (Å²) in [5, 5.41) is 0. The molecule has 0 amide bonds. The predicted molar refractivity (Wildman–Crippen MR) is 77.2 cm³/mol. The lowest BCUT2D eigenvalue weighted by molar-refractivity contribution is 0.398. The minimum absolute atomic E-state index is 0.126. The highest BCUT2D eigenvalue weighted by molar-refractivity contribution is 7.89. The maximum absolute atomic E-state index is 13.8. The molecule has 112 valence electrons. The molecule has 6 heteroatoms. The highest BCUT2D eigenvalue weighted by atomic mass is 32.2. The molecule has 1 fully saturated rings. The van der Waals surface area contributed by atoms with Crippen LogP contribution >= 0.6 is 0 Å². The molecule has 2 atom stereocenters. The number of nitrogen functional groups attached to an aromatic ring is 1. The fraction of sp³-hybridized carbons (Fsp3) is 0.571. The van der Waals surface area contributed by atoms with Gasteiger partial charge in [-0.2, -0.15) is 0 Å². The van der Waals surface area contributed by atoms with Crippen LogP contribution in [0, 0.1) is 11.7 Å². The van der Waals surface area contributed by atoms with E-state index < -0.39 is 15.8 Å². The molecule has 0 radical (unpaired) electrons. The third-order valence-corrected chi connectivity index (χ3v) is 5.44. The summed E-state index contributed by atoms with van der Waals surface area (Å²) in [5.41, 5.74) is 5.65. The van der Waals surface area contributed by atoms with Crippen LogP contribution in [0.1, 0.15) is 39.0 Å². The fourth-order valence-corrected chi connectivity index (χ4v) is 4.10. The first-order valence-corrected chi connectivity index (χ1v) is 8.46. The van der Waals surface area contributed by atoms with Crippen molar-refractivity contribution in [3.63, 3.8) is 0 Å². The smallest absolute Gasteiger partial charge is 0.243 e. The zero-order valence-electron chi connectivity index (χ0n) is 11.6. The number of benzene rings is 1. The molecule has 1 aliphatic carbocycles. The molecule has 20 heavy (non-hydrogen) atoms. The standard InChI is InChI=1S/C14H21FN2O2S/c1-10-5-3-2-4-6-13(10)17-20(18,19)14-8-7-11(16)9-12(14)15/h7-10,13,17H,2-6,16H2,1H3. The van der Waals surface area contributed by atoms with Crippen LogP contribution in [0.3, 0.4) is 0 Å². The summed E-state index contributed by atoms with van der Waals surface area (Å²) in [4.78, 5) is -0.330. The molecule has 1 aromatic rings. The molecule has 1 aromatic carbocycles. The molecule has 0 spiro atoms. The molecular formula is C14H21FN2O2S. The maximum Gasteiger partial charge on any atom is 0.243 e. The molecular weight excluding hydrogens is 279 g/mol. The Morgan fingerprint density at radius 2 is 1.95 bits per heavy atom. The average molecular weight is 300 g/mol. The van der Waals surface area contributed by atoms with Gasteiger partial charge in [0.05, 0.1) is 0 Å². The van der Waals surface area contributed by atoms with Crippen molar-refractivity contribution in [3.8, 4) is 0 Å². The Balaban J connectivity index is 2.21. The summed E-state index contributed by atoms with van der Waals surface area (Å²) < 4.78 is 41.0. The third kappa shape index (κ3) is 3.49. The first kappa shape index (κ1) is 15.3. The van der Waals surface area contributed by atoms with Gasteiger partial charge in [0.1, 0.15) is 10.7 Å². The molecule has 2 unspecified atom stereocenters. The van der Waals surface area contributed by atoms with E-state index in [-0.39, 0.29) is 22.5 Å². The predicted octanol–water partition coefficient (Wildman–Crippen LogP) is 2.66. The van der Waals surface area contributed by atoms with Gasteiger partial charge >= 0.3 is 0 Å². The highest BCUT2D eigenvalue weighted by Gasteiger charge is 2.27. The van der Waals surface area contributed by atoms with E-state index in [9.17, 15) is 12.8 Å². The van der Waals surface area contributed by atoms with Crippen LogP contribution in [0.5, 0.6) is 0 Å². The van der Waals surface area contributed by atoms with Gasteiger partial charge in [0.25, 0.3) is 0 Å². The van der Waals surface area contributed by atoms with Crippen molar-refractivity contribution in [2.45, 2.75) is 50.0 Å². The van der Waals surface area contributed by atoms with Crippen LogP contribution in [0.15, 0.2) is 23.1 Å². The first-order valence-electron chi connectivity index (χ1n) is 6.97. The largest absolute Gasteiger partial charge is 0.399 e. The van der Waals surface area contributed by atoms with Gasteiger partial charge in [0.2, 0.25) is 10.0 Å². The topological polar surface area (TPSA) is 72.2 Å². The first-order chi connectivity index (χ1) is 9.40. The SMILES string of the molecule is CC1CCCCCC1NS(=O)(=O)c1ccc(N)cc1F. The van der Waals surface area contributed by atoms with E-state index in [4.69, 9.17) is 5.73 Å². The van der Waals surface area contributed by atoms with Gasteiger partial charge in [-0.1, -0.05) is 26.2 Å². The number of hydrogen-bond donors (Lipinski definition) is 2. The van der Waals surface area contributed by atoms with E-state index in [0.717, 1.165) is 38.2 Å². The molecule has 0 bridgehead atoms. The number of nitrogens with two attached hydrogens (primary N) is 1. The summed E-state index contributed by atoms with van der Waals surface area (Å²) in [5.74, 6) is -0.539. The van der Waals surface area contributed by atoms with Gasteiger partial charge in [0.15, 0.2) is 0 Å². The Hall–Kier alpha value is -1.14. The van der Waals surface area contributed by atoms with Crippen molar-refractivity contribution in [2.75, 3.05) is 5.73 Å². The normalized spacial score (nSPS) is 24.3. The minimum atomic E-state index is -3.84. The van der Waals surface area contributed by atoms with Crippen LogP contribution in [-0.2, 0) is 10.0 Å². The molecule has 0 aromatic heterocycles. The van der Waals surface area contributed by atoms with Crippen molar-refractivity contribution >= 4 is 15.7 Å². The molecule has 1 saturated carbocycles. The molecule has 1 aliphatic rings. The maximum atomic E-state index is 13.8. The number of sulfonamides is 1. The van der Waals surface area contributed by atoms with Gasteiger partial charge in [0, 0.05) is 11.7 Å². The molecule has 2 rings (SSSR count). The van der Waals surface area contributed by atoms with Crippen molar-refractivity contribution < 1.29 is 12.8 Å². The van der Waals surface area contributed by atoms with Crippen LogP contribution in [0.4, 0.5) is 10.1 Å². The number of halogens is 1. The Morgan fingerprint density at radius 3 is 2.65 bits per heavy atom. The van der Waals surface area contributed by atoms with Crippen molar-refractivity contribution in [3.05, 3.63) is 24.0 Å². The Bertz CT molecular complexity index is 575. The van der Waals surface area contributed by atoms with Gasteiger partial charge < -0.3 is 5.73 Å². The van der Waals surface area contributed by atoms with E-state index in [1.807, 2.05) is 6.92 Å². The molecule has 0 aliphatic heterocycles. The zero-order chi connectivity index (χ0) is 14.8. The summed E-state index contributed by atoms with van der Waals surface area (Å²) in [6.45, 7) is 2.04. The van der Waals surface area contributed by atoms with Crippen molar-refractivity contribution in [1.82, 2.24) is 4.72 Å². The molecule has 0 saturated heterocycles. The van der Waals surface area contributed by atoms with Crippen molar-refractivity contribution in [2.24, 2.45) is 5.92 Å². The quantitative estimate of drug-likeness (QED) is 0.666. The number of hydrogen-bond acceptors (Lipinski definition) is 3. The Labute approximate surface area is 119 Å². The molecule has 4 nitrogen and oxygen atoms in total. The van der Waals surface area contributed by atoms with E-state index in [0.29, 0.717) is 0 Å². The number of rotatable bonds is 3. The minimum Gasteiger partial charge on any atom is -0.399 e. The van der Waals surface area contributed by atoms with Gasteiger partial charge in [-0.05, 0) is 37.0 Å². The monoisotopic (exact) mass is 300 g/mol. The zero-order valence-corrected chi connectivity index (χ0v) is 12.4. The number of anilines is 1. The van der Waals surface area contributed by atoms with Crippen LogP contribution in [-0.4, -0.2) is 14.5 Å². The lowest BCUT2D eigenvalue weighted by Crippen LogP contribution is -2.39. The van der Waals surface area contributed by atoms with Crippen molar-refractivity contribution in [1.29, 1.82) is 0 Å². The van der Waals surface area contributed by atoms with Gasteiger partial charge in [-0.25, -0.2) is 17.5 Å². The van der Waals surface area contributed by atoms with E-state index in [1.54, 1.807) is 0 Å². The lowest BCUT2D eigenvalue weighted by atomic mass is 9.98. The Morgan fingerprint density at radius 1 is 1.25 bits per heavy atom. The van der Waals surface area contributed by atoms with E-state index >= 15 is 0 Å². The van der Waals surface area contributed by atoms with Crippen LogP contribution < -0.4 is 10.5 Å². The average Bonchev–Trinajstić information content (AvgIpc) is 2.54. The second-order valence-corrected chi connectivity index (χ2v) is 7.22. The van der Waals surface area contributed by atoms with Crippen LogP contribution in [0.2, 0.25) is 0 Å². The Kier molecular flexibility index (Phi) is 4.65. The van der Waals surface area contributed by atoms with E-state index in [1.165, 1.54) is 12.1 Å². The fourth-order valence-electron chi connectivity index (χ4n) is 2.67. The summed E-state index contributed by atoms with van der Waals surface area (Å²) in [7, 11) is -3.84. The number of nitrogens with one attached hydrogen (secondary N) is 1. The molecule has 3 N–H and O–H groups in total.